The Morgan fingerprint density at radius 2 is 2.10 bits per heavy atom. The Kier molecular flexibility index (Phi) is 3.01. The van der Waals surface area contributed by atoms with E-state index in [0.717, 1.165) is 5.56 Å². The summed E-state index contributed by atoms with van der Waals surface area (Å²) >= 11 is 0. The van der Waals surface area contributed by atoms with Gasteiger partial charge in [-0.05, 0) is 12.5 Å². The van der Waals surface area contributed by atoms with Gasteiger partial charge in [0.2, 0.25) is 11.8 Å². The van der Waals surface area contributed by atoms with E-state index in [1.54, 1.807) is 13.1 Å². The molecule has 21 heavy (non-hydrogen) atoms. The summed E-state index contributed by atoms with van der Waals surface area (Å²) in [6, 6.07) is 4.76. The average molecular weight is 285 g/mol. The quantitative estimate of drug-likeness (QED) is 0.793. The minimum atomic E-state index is -0.681. The Bertz CT molecular complexity index is 681. The van der Waals surface area contributed by atoms with Crippen molar-refractivity contribution < 1.29 is 14.4 Å². The monoisotopic (exact) mass is 285 g/mol. The van der Waals surface area contributed by atoms with Crippen LogP contribution < -0.4 is 10.6 Å². The molecular weight excluding hydrogens is 270 g/mol. The Labute approximate surface area is 121 Å². The molecule has 108 valence electrons. The molecule has 0 radical (unpaired) electrons. The summed E-state index contributed by atoms with van der Waals surface area (Å²) < 4.78 is 0. The lowest BCUT2D eigenvalue weighted by Crippen LogP contribution is -2.52. The second-order valence-electron chi connectivity index (χ2n) is 5.07. The van der Waals surface area contributed by atoms with Crippen molar-refractivity contribution in [3.05, 3.63) is 35.9 Å². The van der Waals surface area contributed by atoms with E-state index in [2.05, 4.69) is 17.2 Å². The molecular formula is C15H15N3O3. The maximum Gasteiger partial charge on any atom is 0.261 e. The average Bonchev–Trinajstić information content (AvgIpc) is 2.72. The van der Waals surface area contributed by atoms with Gasteiger partial charge in [0.25, 0.3) is 5.91 Å². The standard InChI is InChI=1S/C15H15N3O3/c1-8-9-4-3-5-10(16-2)13(9)15(21)18(8)11-6-7-12(19)17-14(11)20/h3-5,11,16H,1,6-7H2,2H3,(H,17,19,20). The molecule has 1 aromatic carbocycles. The maximum atomic E-state index is 12.7. The summed E-state index contributed by atoms with van der Waals surface area (Å²) in [5.41, 5.74) is 2.45. The van der Waals surface area contributed by atoms with E-state index >= 15 is 0 Å². The van der Waals surface area contributed by atoms with E-state index < -0.39 is 11.9 Å². The van der Waals surface area contributed by atoms with Crippen molar-refractivity contribution in [1.82, 2.24) is 10.2 Å². The molecule has 6 nitrogen and oxygen atoms in total. The summed E-state index contributed by atoms with van der Waals surface area (Å²) in [7, 11) is 1.74. The highest BCUT2D eigenvalue weighted by Gasteiger charge is 2.42. The number of hydrogen-bond acceptors (Lipinski definition) is 4. The number of fused-ring (bicyclic) bond motifs is 1. The van der Waals surface area contributed by atoms with Crippen molar-refractivity contribution in [3.63, 3.8) is 0 Å². The second kappa shape index (κ2) is 4.73. The summed E-state index contributed by atoms with van der Waals surface area (Å²) in [5.74, 6) is -1.00. The SMILES string of the molecule is C=C1c2cccc(NC)c2C(=O)N1C1CCC(=O)NC1=O. The van der Waals surface area contributed by atoms with E-state index in [-0.39, 0.29) is 18.2 Å². The van der Waals surface area contributed by atoms with Crippen LogP contribution in [0.1, 0.15) is 28.8 Å². The third-order valence-electron chi connectivity index (χ3n) is 3.89. The van der Waals surface area contributed by atoms with Gasteiger partial charge >= 0.3 is 0 Å². The first-order chi connectivity index (χ1) is 10.0. The fraction of sp³-hybridized carbons (Fsp3) is 0.267. The number of carbonyl (C=O) groups excluding carboxylic acids is 3. The number of nitrogens with zero attached hydrogens (tertiary/aromatic N) is 1. The molecule has 2 aliphatic rings. The van der Waals surface area contributed by atoms with Gasteiger partial charge in [-0.15, -0.1) is 0 Å². The lowest BCUT2D eigenvalue weighted by molar-refractivity contribution is -0.136. The van der Waals surface area contributed by atoms with E-state index in [1.807, 2.05) is 12.1 Å². The van der Waals surface area contributed by atoms with Crippen LogP contribution in [-0.4, -0.2) is 35.7 Å². The van der Waals surface area contributed by atoms with Crippen LogP contribution >= 0.6 is 0 Å². The zero-order chi connectivity index (χ0) is 15.1. The summed E-state index contributed by atoms with van der Waals surface area (Å²) in [5, 5.41) is 5.25. The highest BCUT2D eigenvalue weighted by molar-refractivity contribution is 6.15. The Morgan fingerprint density at radius 3 is 2.76 bits per heavy atom. The number of rotatable bonds is 2. The highest BCUT2D eigenvalue weighted by atomic mass is 16.2. The maximum absolute atomic E-state index is 12.7. The first kappa shape index (κ1) is 13.4. The number of nitrogens with one attached hydrogen (secondary N) is 2. The van der Waals surface area contributed by atoms with Gasteiger partial charge in [-0.2, -0.15) is 0 Å². The molecule has 6 heteroatoms. The summed E-state index contributed by atoms with van der Waals surface area (Å²) in [6.07, 6.45) is 0.543. The van der Waals surface area contributed by atoms with Crippen molar-refractivity contribution in [2.75, 3.05) is 12.4 Å². The van der Waals surface area contributed by atoms with Gasteiger partial charge in [0.1, 0.15) is 6.04 Å². The molecule has 1 atom stereocenters. The van der Waals surface area contributed by atoms with Crippen molar-refractivity contribution in [1.29, 1.82) is 0 Å². The predicted molar refractivity (Wildman–Crippen MR) is 77.4 cm³/mol. The van der Waals surface area contributed by atoms with Gasteiger partial charge in [0, 0.05) is 30.4 Å². The first-order valence-corrected chi connectivity index (χ1v) is 6.72. The minimum absolute atomic E-state index is 0.225. The van der Waals surface area contributed by atoms with Gasteiger partial charge in [-0.25, -0.2) is 0 Å². The van der Waals surface area contributed by atoms with Crippen LogP contribution in [0.2, 0.25) is 0 Å². The van der Waals surface area contributed by atoms with Crippen LogP contribution in [0.5, 0.6) is 0 Å². The van der Waals surface area contributed by atoms with Crippen molar-refractivity contribution in [2.24, 2.45) is 0 Å². The first-order valence-electron chi connectivity index (χ1n) is 6.72. The fourth-order valence-corrected chi connectivity index (χ4v) is 2.86. The van der Waals surface area contributed by atoms with Crippen LogP contribution in [0.15, 0.2) is 24.8 Å². The minimum Gasteiger partial charge on any atom is -0.387 e. The zero-order valence-electron chi connectivity index (χ0n) is 11.6. The van der Waals surface area contributed by atoms with Gasteiger partial charge in [-0.1, -0.05) is 18.7 Å². The Morgan fingerprint density at radius 1 is 1.33 bits per heavy atom. The van der Waals surface area contributed by atoms with Crippen LogP contribution in [0.3, 0.4) is 0 Å². The highest BCUT2D eigenvalue weighted by Crippen LogP contribution is 2.38. The molecule has 2 heterocycles. The Hall–Kier alpha value is -2.63. The molecule has 0 saturated carbocycles. The molecule has 2 aliphatic heterocycles. The molecule has 0 aliphatic carbocycles. The molecule has 2 N–H and O–H groups in total. The molecule has 1 saturated heterocycles. The lowest BCUT2D eigenvalue weighted by Gasteiger charge is -2.30. The lowest BCUT2D eigenvalue weighted by atomic mass is 10.0. The Balaban J connectivity index is 2.00. The second-order valence-corrected chi connectivity index (χ2v) is 5.07. The van der Waals surface area contributed by atoms with E-state index in [9.17, 15) is 14.4 Å². The summed E-state index contributed by atoms with van der Waals surface area (Å²) in [4.78, 5) is 37.3. The molecule has 3 amide bonds. The number of hydrogen-bond donors (Lipinski definition) is 2. The molecule has 0 aromatic heterocycles. The fourth-order valence-electron chi connectivity index (χ4n) is 2.86. The third-order valence-corrected chi connectivity index (χ3v) is 3.89. The van der Waals surface area contributed by atoms with E-state index in [1.165, 1.54) is 4.90 Å². The normalized spacial score (nSPS) is 21.4. The molecule has 0 spiro atoms. The third kappa shape index (κ3) is 1.91. The number of carbonyl (C=O) groups is 3. The number of anilines is 1. The topological polar surface area (TPSA) is 78.5 Å². The number of imide groups is 1. The van der Waals surface area contributed by atoms with Crippen molar-refractivity contribution in [3.8, 4) is 0 Å². The van der Waals surface area contributed by atoms with E-state index in [4.69, 9.17) is 0 Å². The van der Waals surface area contributed by atoms with Gasteiger partial charge < -0.3 is 5.32 Å². The van der Waals surface area contributed by atoms with Crippen molar-refractivity contribution >= 4 is 29.1 Å². The zero-order valence-corrected chi connectivity index (χ0v) is 11.6. The van der Waals surface area contributed by atoms with Crippen LogP contribution in [0.25, 0.3) is 5.70 Å². The molecule has 0 bridgehead atoms. The van der Waals surface area contributed by atoms with Crippen LogP contribution in [0.4, 0.5) is 5.69 Å². The summed E-state index contributed by atoms with van der Waals surface area (Å²) in [6.45, 7) is 3.94. The van der Waals surface area contributed by atoms with Gasteiger partial charge in [0.15, 0.2) is 0 Å². The van der Waals surface area contributed by atoms with Gasteiger partial charge in [-0.3, -0.25) is 24.6 Å². The number of benzene rings is 1. The van der Waals surface area contributed by atoms with Gasteiger partial charge in [0.05, 0.1) is 5.56 Å². The number of amides is 3. The van der Waals surface area contributed by atoms with Crippen molar-refractivity contribution in [2.45, 2.75) is 18.9 Å². The molecule has 1 aromatic rings. The predicted octanol–water partition coefficient (Wildman–Crippen LogP) is 0.960. The molecule has 1 unspecified atom stereocenters. The largest absolute Gasteiger partial charge is 0.387 e. The molecule has 1 fully saturated rings. The molecule has 3 rings (SSSR count). The van der Waals surface area contributed by atoms with Crippen LogP contribution in [-0.2, 0) is 9.59 Å². The van der Waals surface area contributed by atoms with E-state index in [0.29, 0.717) is 23.4 Å². The number of piperidine rings is 1. The smallest absolute Gasteiger partial charge is 0.261 e. The van der Waals surface area contributed by atoms with Crippen LogP contribution in [0, 0.1) is 0 Å².